The molecule has 0 N–H and O–H groups in total. The smallest absolute Gasteiger partial charge is 0.192 e. The molecule has 0 heterocycles. The summed E-state index contributed by atoms with van der Waals surface area (Å²) in [7, 11) is 0. The average Bonchev–Trinajstić information content (AvgIpc) is 1.62. The number of hydrogen-bond acceptors (Lipinski definition) is 1. The molecule has 0 fully saturated rings. The topological polar surface area (TPSA) is 23.8 Å². The van der Waals surface area contributed by atoms with Crippen molar-refractivity contribution in [3.05, 3.63) is 12.2 Å². The van der Waals surface area contributed by atoms with Gasteiger partial charge in [0.2, 0.25) is 0 Å². The van der Waals surface area contributed by atoms with Crippen LogP contribution < -0.4 is 0 Å². The number of halogens is 3. The standard InChI is InChI=1S/C4H2F3N/c1-3(2-8)4(5,6)7/h1H2. The second kappa shape index (κ2) is 1.86. The summed E-state index contributed by atoms with van der Waals surface area (Å²) in [5, 5.41) is 7.60. The average molecular weight is 121 g/mol. The van der Waals surface area contributed by atoms with Gasteiger partial charge in [0.15, 0.2) is 0 Å². The van der Waals surface area contributed by atoms with Crippen LogP contribution in [-0.4, -0.2) is 6.18 Å². The van der Waals surface area contributed by atoms with E-state index in [1.54, 1.807) is 0 Å². The van der Waals surface area contributed by atoms with Crippen molar-refractivity contribution in [1.82, 2.24) is 0 Å². The lowest BCUT2D eigenvalue weighted by Gasteiger charge is -1.98. The summed E-state index contributed by atoms with van der Waals surface area (Å²) in [6.07, 6.45) is -4.55. The Morgan fingerprint density at radius 3 is 1.88 bits per heavy atom. The molecule has 0 atom stereocenters. The van der Waals surface area contributed by atoms with Gasteiger partial charge in [-0.2, -0.15) is 18.4 Å². The quantitative estimate of drug-likeness (QED) is 0.447. The van der Waals surface area contributed by atoms with Crippen LogP contribution >= 0.6 is 0 Å². The lowest BCUT2D eigenvalue weighted by atomic mass is 10.3. The number of allylic oxidation sites excluding steroid dienone is 1. The van der Waals surface area contributed by atoms with Crippen LogP contribution in [-0.2, 0) is 0 Å². The summed E-state index contributed by atoms with van der Waals surface area (Å²) in [6.45, 7) is 2.46. The zero-order valence-corrected chi connectivity index (χ0v) is 3.79. The Hall–Kier alpha value is -0.980. The Labute approximate surface area is 44.0 Å². The molecule has 0 aliphatic carbocycles. The first-order valence-corrected chi connectivity index (χ1v) is 1.64. The predicted molar refractivity (Wildman–Crippen MR) is 20.8 cm³/mol. The first kappa shape index (κ1) is 7.02. The zero-order valence-electron chi connectivity index (χ0n) is 3.79. The van der Waals surface area contributed by atoms with Gasteiger partial charge in [-0.05, 0) is 0 Å². The molecule has 0 aromatic heterocycles. The Balaban J connectivity index is 4.09. The number of hydrogen-bond donors (Lipinski definition) is 0. The molecule has 8 heavy (non-hydrogen) atoms. The molecule has 0 radical (unpaired) electrons. The van der Waals surface area contributed by atoms with Crippen LogP contribution in [0.15, 0.2) is 12.2 Å². The number of nitrogens with zero attached hydrogens (tertiary/aromatic N) is 1. The fourth-order valence-electron chi connectivity index (χ4n) is 0.0634. The molecule has 0 aliphatic rings. The fourth-order valence-corrected chi connectivity index (χ4v) is 0.0634. The molecule has 0 aliphatic heterocycles. The van der Waals surface area contributed by atoms with Gasteiger partial charge in [-0.1, -0.05) is 6.58 Å². The van der Waals surface area contributed by atoms with E-state index in [-0.39, 0.29) is 0 Å². The summed E-state index contributed by atoms with van der Waals surface area (Å²) >= 11 is 0. The molecule has 4 heteroatoms. The summed E-state index contributed by atoms with van der Waals surface area (Å²) in [5.74, 6) is 0. The lowest BCUT2D eigenvalue weighted by molar-refractivity contribution is -0.0869. The van der Waals surface area contributed by atoms with Gasteiger partial charge < -0.3 is 0 Å². The van der Waals surface area contributed by atoms with Crippen LogP contribution in [0.1, 0.15) is 0 Å². The van der Waals surface area contributed by atoms with Crippen molar-refractivity contribution >= 4 is 0 Å². The maximum Gasteiger partial charge on any atom is 0.425 e. The molecule has 0 amide bonds. The SMILES string of the molecule is C=C(C#N)C(F)(F)F. The first-order valence-electron chi connectivity index (χ1n) is 1.64. The fraction of sp³-hybridized carbons (Fsp3) is 0.250. The highest BCUT2D eigenvalue weighted by Gasteiger charge is 2.31. The minimum Gasteiger partial charge on any atom is -0.192 e. The van der Waals surface area contributed by atoms with Crippen molar-refractivity contribution in [3.63, 3.8) is 0 Å². The van der Waals surface area contributed by atoms with Crippen molar-refractivity contribution in [3.8, 4) is 6.07 Å². The molecular formula is C4H2F3N. The second-order valence-electron chi connectivity index (χ2n) is 1.09. The number of alkyl halides is 3. The van der Waals surface area contributed by atoms with Crippen molar-refractivity contribution in [1.29, 1.82) is 5.26 Å². The maximum absolute atomic E-state index is 11.1. The molecule has 0 unspecified atom stereocenters. The van der Waals surface area contributed by atoms with Gasteiger partial charge in [0.25, 0.3) is 0 Å². The van der Waals surface area contributed by atoms with E-state index >= 15 is 0 Å². The Morgan fingerprint density at radius 1 is 1.50 bits per heavy atom. The highest BCUT2D eigenvalue weighted by molar-refractivity contribution is 5.21. The highest BCUT2D eigenvalue weighted by atomic mass is 19.4. The molecule has 0 saturated heterocycles. The van der Waals surface area contributed by atoms with Gasteiger partial charge >= 0.3 is 6.18 Å². The van der Waals surface area contributed by atoms with Crippen LogP contribution in [0, 0.1) is 11.3 Å². The maximum atomic E-state index is 11.1. The van der Waals surface area contributed by atoms with E-state index in [0.29, 0.717) is 0 Å². The molecule has 1 nitrogen and oxygen atoms in total. The molecule has 0 aromatic carbocycles. The third-order valence-corrected chi connectivity index (χ3v) is 0.477. The molecule has 0 saturated carbocycles. The third kappa shape index (κ3) is 1.65. The number of nitriles is 1. The Kier molecular flexibility index (Phi) is 1.64. The van der Waals surface area contributed by atoms with Crippen molar-refractivity contribution in [2.45, 2.75) is 6.18 Å². The van der Waals surface area contributed by atoms with E-state index in [1.807, 2.05) is 0 Å². The van der Waals surface area contributed by atoms with Crippen LogP contribution in [0.5, 0.6) is 0 Å². The van der Waals surface area contributed by atoms with Crippen molar-refractivity contribution in [2.75, 3.05) is 0 Å². The van der Waals surface area contributed by atoms with E-state index in [0.717, 1.165) is 6.07 Å². The molecule has 0 bridgehead atoms. The molecule has 0 spiro atoms. The molecule has 0 aromatic rings. The van der Waals surface area contributed by atoms with E-state index in [9.17, 15) is 13.2 Å². The summed E-state index contributed by atoms with van der Waals surface area (Å²) in [6, 6.07) is 0.885. The first-order chi connectivity index (χ1) is 3.48. The summed E-state index contributed by atoms with van der Waals surface area (Å²) < 4.78 is 33.4. The van der Waals surface area contributed by atoms with Crippen LogP contribution in [0.2, 0.25) is 0 Å². The zero-order chi connectivity index (χ0) is 6.78. The highest BCUT2D eigenvalue weighted by Crippen LogP contribution is 2.22. The third-order valence-electron chi connectivity index (χ3n) is 0.477. The Morgan fingerprint density at radius 2 is 1.88 bits per heavy atom. The van der Waals surface area contributed by atoms with Crippen molar-refractivity contribution in [2.24, 2.45) is 0 Å². The van der Waals surface area contributed by atoms with Gasteiger partial charge in [0.1, 0.15) is 11.6 Å². The van der Waals surface area contributed by atoms with Crippen LogP contribution in [0.25, 0.3) is 0 Å². The molecule has 0 rings (SSSR count). The van der Waals surface area contributed by atoms with E-state index in [2.05, 4.69) is 6.58 Å². The van der Waals surface area contributed by atoms with E-state index in [4.69, 9.17) is 5.26 Å². The van der Waals surface area contributed by atoms with E-state index < -0.39 is 11.7 Å². The monoisotopic (exact) mass is 121 g/mol. The van der Waals surface area contributed by atoms with Gasteiger partial charge in [-0.25, -0.2) is 0 Å². The minimum atomic E-state index is -4.55. The Bertz CT molecular complexity index is 138. The van der Waals surface area contributed by atoms with Gasteiger partial charge in [-0.3, -0.25) is 0 Å². The van der Waals surface area contributed by atoms with Gasteiger partial charge in [0, 0.05) is 0 Å². The van der Waals surface area contributed by atoms with Crippen LogP contribution in [0.3, 0.4) is 0 Å². The largest absolute Gasteiger partial charge is 0.425 e. The van der Waals surface area contributed by atoms with Crippen LogP contribution in [0.4, 0.5) is 13.2 Å². The molecular weight excluding hydrogens is 119 g/mol. The van der Waals surface area contributed by atoms with Gasteiger partial charge in [0.05, 0.1) is 0 Å². The van der Waals surface area contributed by atoms with E-state index in [1.165, 1.54) is 0 Å². The molecule has 44 valence electrons. The summed E-state index contributed by atoms with van der Waals surface area (Å²) in [5.41, 5.74) is -1.36. The van der Waals surface area contributed by atoms with Crippen molar-refractivity contribution < 1.29 is 13.2 Å². The number of rotatable bonds is 0. The summed E-state index contributed by atoms with van der Waals surface area (Å²) in [4.78, 5) is 0. The predicted octanol–water partition coefficient (Wildman–Crippen LogP) is 1.63. The van der Waals surface area contributed by atoms with Gasteiger partial charge in [-0.15, -0.1) is 0 Å². The normalized spacial score (nSPS) is 10.2. The lowest BCUT2D eigenvalue weighted by Crippen LogP contribution is -2.08. The minimum absolute atomic E-state index is 0.885. The second-order valence-corrected chi connectivity index (χ2v) is 1.09.